The van der Waals surface area contributed by atoms with E-state index in [1.54, 1.807) is 35.3 Å². The van der Waals surface area contributed by atoms with Crippen molar-refractivity contribution in [2.24, 2.45) is 0 Å². The Bertz CT molecular complexity index is 1320. The van der Waals surface area contributed by atoms with Crippen LogP contribution in [0.1, 0.15) is 17.7 Å². The van der Waals surface area contributed by atoms with Gasteiger partial charge in [-0.2, -0.15) is 4.98 Å². The zero-order valence-electron chi connectivity index (χ0n) is 22.6. The minimum absolute atomic E-state index is 0.149. The largest absolute Gasteiger partial charge is 0.486 e. The lowest BCUT2D eigenvalue weighted by atomic mass is 10.1. The first kappa shape index (κ1) is 27.2. The van der Waals surface area contributed by atoms with E-state index in [9.17, 15) is 9.59 Å². The molecular formula is C27H33N7O6. The molecule has 13 nitrogen and oxygen atoms in total. The molecule has 1 atom stereocenters. The monoisotopic (exact) mass is 551 g/mol. The van der Waals surface area contributed by atoms with Gasteiger partial charge in [-0.25, -0.2) is 14.8 Å². The molecule has 0 radical (unpaired) electrons. The molecule has 2 aromatic heterocycles. The first-order valence-corrected chi connectivity index (χ1v) is 13.2. The van der Waals surface area contributed by atoms with E-state index in [1.807, 2.05) is 31.2 Å². The first-order valence-electron chi connectivity index (χ1n) is 13.2. The number of rotatable bonds is 9. The van der Waals surface area contributed by atoms with Crippen LogP contribution in [-0.4, -0.2) is 95.6 Å². The number of imidazole rings is 1. The van der Waals surface area contributed by atoms with E-state index in [0.717, 1.165) is 11.3 Å². The number of nitrogens with one attached hydrogen (secondary N) is 1. The van der Waals surface area contributed by atoms with Crippen LogP contribution in [0.5, 0.6) is 11.5 Å². The molecule has 1 fully saturated rings. The molecule has 2 aliphatic rings. The summed E-state index contributed by atoms with van der Waals surface area (Å²) in [5, 5.41) is 3.00. The summed E-state index contributed by atoms with van der Waals surface area (Å²) in [6.07, 6.45) is 4.78. The van der Waals surface area contributed by atoms with Gasteiger partial charge in [0.05, 0.1) is 12.6 Å². The Hall–Kier alpha value is -4.39. The van der Waals surface area contributed by atoms with Crippen LogP contribution in [0.3, 0.4) is 0 Å². The minimum atomic E-state index is -0.434. The fourth-order valence-electron chi connectivity index (χ4n) is 4.66. The number of anilines is 1. The number of ether oxygens (including phenoxy) is 4. The molecule has 40 heavy (non-hydrogen) atoms. The van der Waals surface area contributed by atoms with Gasteiger partial charge in [-0.1, -0.05) is 6.07 Å². The second kappa shape index (κ2) is 12.6. The van der Waals surface area contributed by atoms with Crippen molar-refractivity contribution in [1.82, 2.24) is 29.7 Å². The van der Waals surface area contributed by atoms with Crippen molar-refractivity contribution in [2.45, 2.75) is 25.9 Å². The summed E-state index contributed by atoms with van der Waals surface area (Å²) in [5.74, 6) is 2.38. The normalized spacial score (nSPS) is 16.5. The summed E-state index contributed by atoms with van der Waals surface area (Å²) < 4.78 is 23.3. The van der Waals surface area contributed by atoms with E-state index in [0.29, 0.717) is 69.3 Å². The predicted octanol–water partition coefficient (Wildman–Crippen LogP) is 1.72. The van der Waals surface area contributed by atoms with Crippen molar-refractivity contribution in [3.8, 4) is 17.4 Å². The topological polar surface area (TPSA) is 133 Å². The molecule has 3 aromatic rings. The molecule has 2 aliphatic heterocycles. The summed E-state index contributed by atoms with van der Waals surface area (Å²) in [5.41, 5.74) is 1.68. The molecule has 0 saturated carbocycles. The number of methoxy groups -OCH3 is 1. The van der Waals surface area contributed by atoms with Crippen molar-refractivity contribution in [3.63, 3.8) is 0 Å². The van der Waals surface area contributed by atoms with E-state index in [2.05, 4.69) is 20.2 Å². The number of piperazine rings is 1. The van der Waals surface area contributed by atoms with Gasteiger partial charge in [0.2, 0.25) is 11.9 Å². The zero-order valence-corrected chi connectivity index (χ0v) is 22.6. The molecule has 0 aliphatic carbocycles. The van der Waals surface area contributed by atoms with Crippen molar-refractivity contribution in [1.29, 1.82) is 0 Å². The summed E-state index contributed by atoms with van der Waals surface area (Å²) in [7, 11) is 1.55. The third-order valence-electron chi connectivity index (χ3n) is 6.63. The van der Waals surface area contributed by atoms with Crippen LogP contribution < -0.4 is 19.7 Å². The van der Waals surface area contributed by atoms with Crippen molar-refractivity contribution in [2.75, 3.05) is 58.1 Å². The van der Waals surface area contributed by atoms with Gasteiger partial charge in [-0.05, 0) is 24.6 Å². The van der Waals surface area contributed by atoms with Gasteiger partial charge in [0.25, 0.3) is 0 Å². The molecule has 2 amide bonds. The second-order valence-electron chi connectivity index (χ2n) is 9.50. The quantitative estimate of drug-likeness (QED) is 0.392. The highest BCUT2D eigenvalue weighted by molar-refractivity contribution is 5.77. The van der Waals surface area contributed by atoms with E-state index in [1.165, 1.54) is 0 Å². The van der Waals surface area contributed by atoms with Crippen molar-refractivity contribution >= 4 is 17.8 Å². The molecule has 4 heterocycles. The number of aryl methyl sites for hydroxylation is 1. The molecule has 1 N–H and O–H groups in total. The van der Waals surface area contributed by atoms with Gasteiger partial charge in [-0.15, -0.1) is 0 Å². The maximum atomic E-state index is 13.2. The molecule has 13 heteroatoms. The zero-order chi connectivity index (χ0) is 27.9. The van der Waals surface area contributed by atoms with Crippen LogP contribution in [0, 0.1) is 6.92 Å². The van der Waals surface area contributed by atoms with Crippen LogP contribution in [0.2, 0.25) is 0 Å². The Kier molecular flexibility index (Phi) is 8.59. The van der Waals surface area contributed by atoms with Crippen molar-refractivity contribution < 1.29 is 28.5 Å². The molecule has 1 aromatic carbocycles. The van der Waals surface area contributed by atoms with E-state index in [4.69, 9.17) is 23.9 Å². The van der Waals surface area contributed by atoms with Gasteiger partial charge in [0.15, 0.2) is 11.5 Å². The number of nitrogens with zero attached hydrogens (tertiary/aromatic N) is 6. The number of aromatic nitrogens is 4. The third-order valence-corrected chi connectivity index (χ3v) is 6.63. The number of benzene rings is 1. The standard InChI is InChI=1S/C27H33N7O6/c1-19-13-24(31-26(30-19)33-6-5-28-18-33)34-8-7-32(27(36)40-10-9-37-2)17-21(34)15-25(35)29-16-20-3-4-22-23(14-20)39-12-11-38-22/h3-6,13-14,18,21H,7-12,15-17H2,1-2H3,(H,29,35). The Morgan fingerprint density at radius 2 is 1.95 bits per heavy atom. The fraction of sp³-hybridized carbons (Fsp3) is 0.444. The summed E-state index contributed by atoms with van der Waals surface area (Å²) in [6.45, 7) is 4.91. The van der Waals surface area contributed by atoms with Crippen LogP contribution in [0.4, 0.5) is 10.6 Å². The number of fused-ring (bicyclic) bond motifs is 1. The van der Waals surface area contributed by atoms with Crippen LogP contribution in [-0.2, 0) is 20.8 Å². The smallest absolute Gasteiger partial charge is 0.409 e. The Morgan fingerprint density at radius 3 is 2.75 bits per heavy atom. The number of hydrogen-bond donors (Lipinski definition) is 1. The Morgan fingerprint density at radius 1 is 1.10 bits per heavy atom. The van der Waals surface area contributed by atoms with Crippen LogP contribution in [0.25, 0.3) is 5.95 Å². The summed E-state index contributed by atoms with van der Waals surface area (Å²) in [6, 6.07) is 7.17. The molecule has 5 rings (SSSR count). The molecular weight excluding hydrogens is 518 g/mol. The molecule has 1 unspecified atom stereocenters. The average molecular weight is 552 g/mol. The van der Waals surface area contributed by atoms with Crippen LogP contribution >= 0.6 is 0 Å². The number of carbonyl (C=O) groups is 2. The predicted molar refractivity (Wildman–Crippen MR) is 144 cm³/mol. The lowest BCUT2D eigenvalue weighted by Crippen LogP contribution is -2.56. The minimum Gasteiger partial charge on any atom is -0.486 e. The highest BCUT2D eigenvalue weighted by Crippen LogP contribution is 2.30. The lowest BCUT2D eigenvalue weighted by molar-refractivity contribution is -0.121. The van der Waals surface area contributed by atoms with Gasteiger partial charge in [0, 0.05) is 63.9 Å². The Labute approximate surface area is 232 Å². The average Bonchev–Trinajstić information content (AvgIpc) is 3.51. The van der Waals surface area contributed by atoms with E-state index >= 15 is 0 Å². The summed E-state index contributed by atoms with van der Waals surface area (Å²) in [4.78, 5) is 42.9. The number of amides is 2. The maximum absolute atomic E-state index is 13.2. The fourth-order valence-corrected chi connectivity index (χ4v) is 4.66. The Balaban J connectivity index is 1.30. The highest BCUT2D eigenvalue weighted by Gasteiger charge is 2.33. The molecule has 0 bridgehead atoms. The van der Waals surface area contributed by atoms with Gasteiger partial charge < -0.3 is 34.1 Å². The second-order valence-corrected chi connectivity index (χ2v) is 9.50. The molecule has 212 valence electrons. The third kappa shape index (κ3) is 6.60. The lowest BCUT2D eigenvalue weighted by Gasteiger charge is -2.41. The van der Waals surface area contributed by atoms with Gasteiger partial charge >= 0.3 is 6.09 Å². The summed E-state index contributed by atoms with van der Waals surface area (Å²) >= 11 is 0. The molecule has 1 saturated heterocycles. The highest BCUT2D eigenvalue weighted by atomic mass is 16.6. The van der Waals surface area contributed by atoms with Crippen LogP contribution in [0.15, 0.2) is 43.0 Å². The van der Waals surface area contributed by atoms with Gasteiger partial charge in [-0.3, -0.25) is 9.36 Å². The van der Waals surface area contributed by atoms with E-state index in [-0.39, 0.29) is 25.0 Å². The number of carbonyl (C=O) groups excluding carboxylic acids is 2. The SMILES string of the molecule is COCCOC(=O)N1CCN(c2cc(C)nc(-n3ccnc3)n2)C(CC(=O)NCc2ccc3c(c2)OCCO3)C1. The first-order chi connectivity index (χ1) is 19.5. The molecule has 0 spiro atoms. The van der Waals surface area contributed by atoms with Crippen molar-refractivity contribution in [3.05, 3.63) is 54.2 Å². The maximum Gasteiger partial charge on any atom is 0.409 e. The number of hydrogen-bond acceptors (Lipinski definition) is 10. The van der Waals surface area contributed by atoms with Gasteiger partial charge in [0.1, 0.15) is 32.0 Å². The van der Waals surface area contributed by atoms with E-state index < -0.39 is 6.09 Å².